The number of hydrogen-bond donors (Lipinski definition) is 0. The maximum Gasteiger partial charge on any atom is 0.0256 e. The lowest BCUT2D eigenvalue weighted by molar-refractivity contribution is 0.223. The van der Waals surface area contributed by atoms with Crippen LogP contribution >= 0.6 is 0 Å². The molecule has 0 saturated heterocycles. The topological polar surface area (TPSA) is 3.24 Å². The number of hydrogen-bond acceptors (Lipinski definition) is 1. The average Bonchev–Trinajstić information content (AvgIpc) is 2.60. The van der Waals surface area contributed by atoms with Crippen LogP contribution in [0.5, 0.6) is 0 Å². The monoisotopic (exact) mass is 307 g/mol. The summed E-state index contributed by atoms with van der Waals surface area (Å²) in [5.41, 5.74) is 2.74. The van der Waals surface area contributed by atoms with Crippen LogP contribution in [0.15, 0.2) is 72.8 Å². The van der Waals surface area contributed by atoms with Gasteiger partial charge in [0.1, 0.15) is 0 Å². The Morgan fingerprint density at radius 1 is 0.870 bits per heavy atom. The van der Waals surface area contributed by atoms with Crippen LogP contribution in [0.3, 0.4) is 0 Å². The predicted octanol–water partition coefficient (Wildman–Crippen LogP) is 5.82. The molecule has 1 atom stereocenters. The van der Waals surface area contributed by atoms with Gasteiger partial charge in [0.25, 0.3) is 0 Å². The molecule has 0 spiro atoms. The minimum Gasteiger partial charge on any atom is -0.289 e. The zero-order chi connectivity index (χ0) is 16.3. The molecule has 1 heteroatoms. The van der Waals surface area contributed by atoms with Gasteiger partial charge in [-0.15, -0.1) is 0 Å². The van der Waals surface area contributed by atoms with Crippen LogP contribution < -0.4 is 0 Å². The molecule has 0 bridgehead atoms. The van der Waals surface area contributed by atoms with Crippen LogP contribution in [0.1, 0.15) is 44.2 Å². The average molecular weight is 307 g/mol. The normalized spacial score (nSPS) is 12.8. The summed E-state index contributed by atoms with van der Waals surface area (Å²) in [6.07, 6.45) is 8.43. The molecule has 2 aromatic carbocycles. The summed E-state index contributed by atoms with van der Waals surface area (Å²) >= 11 is 0. The van der Waals surface area contributed by atoms with Crippen molar-refractivity contribution in [2.24, 2.45) is 0 Å². The van der Waals surface area contributed by atoms with Crippen molar-refractivity contribution in [2.75, 3.05) is 0 Å². The van der Waals surface area contributed by atoms with Crippen molar-refractivity contribution >= 4 is 0 Å². The van der Waals surface area contributed by atoms with Crippen molar-refractivity contribution in [1.82, 2.24) is 4.90 Å². The van der Waals surface area contributed by atoms with Crippen molar-refractivity contribution in [1.29, 1.82) is 0 Å². The van der Waals surface area contributed by atoms with Crippen molar-refractivity contribution in [3.8, 4) is 0 Å². The number of nitrogens with zero attached hydrogens (tertiary/aromatic N) is 1. The Kier molecular flexibility index (Phi) is 7.62. The lowest BCUT2D eigenvalue weighted by Crippen LogP contribution is -2.30. The largest absolute Gasteiger partial charge is 0.289 e. The van der Waals surface area contributed by atoms with E-state index in [1.165, 1.54) is 30.4 Å². The maximum absolute atomic E-state index is 2.53. The van der Waals surface area contributed by atoms with Crippen LogP contribution in [0, 0.1) is 0 Å². The molecule has 0 unspecified atom stereocenters. The van der Waals surface area contributed by atoms with Crippen molar-refractivity contribution in [3.05, 3.63) is 83.9 Å². The van der Waals surface area contributed by atoms with Gasteiger partial charge < -0.3 is 0 Å². The Labute approximate surface area is 141 Å². The van der Waals surface area contributed by atoms with Crippen LogP contribution in [0.25, 0.3) is 0 Å². The molecule has 0 fully saturated rings. The van der Waals surface area contributed by atoms with Gasteiger partial charge in [-0.3, -0.25) is 4.90 Å². The maximum atomic E-state index is 2.53. The minimum absolute atomic E-state index is 0.437. The van der Waals surface area contributed by atoms with Crippen LogP contribution in [-0.2, 0) is 13.1 Å². The van der Waals surface area contributed by atoms with Gasteiger partial charge in [0, 0.05) is 19.1 Å². The second-order valence-corrected chi connectivity index (χ2v) is 6.19. The molecule has 0 amide bonds. The molecule has 0 aromatic heterocycles. The van der Waals surface area contributed by atoms with Crippen molar-refractivity contribution in [3.63, 3.8) is 0 Å². The highest BCUT2D eigenvalue weighted by Gasteiger charge is 2.12. The Morgan fingerprint density at radius 3 is 1.87 bits per heavy atom. The lowest BCUT2D eigenvalue weighted by atomic mass is 10.1. The van der Waals surface area contributed by atoms with E-state index in [4.69, 9.17) is 0 Å². The van der Waals surface area contributed by atoms with E-state index in [0.717, 1.165) is 13.1 Å². The lowest BCUT2D eigenvalue weighted by Gasteiger charge is -2.27. The molecule has 1 nitrogen and oxygen atoms in total. The van der Waals surface area contributed by atoms with E-state index < -0.39 is 0 Å². The Hall–Kier alpha value is -1.86. The molecular weight excluding hydrogens is 278 g/mol. The predicted molar refractivity (Wildman–Crippen MR) is 100 cm³/mol. The van der Waals surface area contributed by atoms with Crippen molar-refractivity contribution < 1.29 is 0 Å². The fraction of sp³-hybridized carbons (Fsp3) is 0.364. The summed E-state index contributed by atoms with van der Waals surface area (Å²) in [6.45, 7) is 6.51. The first kappa shape index (κ1) is 17.5. The van der Waals surface area contributed by atoms with E-state index in [-0.39, 0.29) is 0 Å². The molecular formula is C22H29N. The molecule has 0 aliphatic rings. The van der Waals surface area contributed by atoms with Crippen molar-refractivity contribution in [2.45, 2.75) is 52.2 Å². The number of benzene rings is 2. The van der Waals surface area contributed by atoms with E-state index in [1.54, 1.807) is 0 Å². The van der Waals surface area contributed by atoms with E-state index in [2.05, 4.69) is 91.6 Å². The summed E-state index contributed by atoms with van der Waals surface area (Å²) in [5, 5.41) is 0. The third-order valence-corrected chi connectivity index (χ3v) is 4.17. The molecule has 2 aromatic rings. The summed E-state index contributed by atoms with van der Waals surface area (Å²) in [4.78, 5) is 2.53. The van der Waals surface area contributed by atoms with Crippen LogP contribution in [0.2, 0.25) is 0 Å². The molecule has 23 heavy (non-hydrogen) atoms. The molecule has 0 aliphatic carbocycles. The third kappa shape index (κ3) is 6.42. The fourth-order valence-electron chi connectivity index (χ4n) is 2.72. The fourth-order valence-corrected chi connectivity index (χ4v) is 2.72. The van der Waals surface area contributed by atoms with Gasteiger partial charge in [0.05, 0.1) is 0 Å². The smallest absolute Gasteiger partial charge is 0.0256 e. The van der Waals surface area contributed by atoms with Gasteiger partial charge in [-0.05, 0) is 24.5 Å². The van der Waals surface area contributed by atoms with Gasteiger partial charge in [-0.2, -0.15) is 0 Å². The van der Waals surface area contributed by atoms with Crippen LogP contribution in [-0.4, -0.2) is 10.9 Å². The van der Waals surface area contributed by atoms with Gasteiger partial charge in [-0.1, -0.05) is 92.6 Å². The molecule has 0 saturated carbocycles. The highest BCUT2D eigenvalue weighted by molar-refractivity contribution is 5.17. The summed E-state index contributed by atoms with van der Waals surface area (Å²) in [5.74, 6) is 0. The molecule has 0 heterocycles. The van der Waals surface area contributed by atoms with E-state index in [0.29, 0.717) is 6.04 Å². The quantitative estimate of drug-likeness (QED) is 0.416. The molecule has 2 rings (SSSR count). The Balaban J connectivity index is 2.05. The molecule has 0 N–H and O–H groups in total. The van der Waals surface area contributed by atoms with Gasteiger partial charge >= 0.3 is 0 Å². The van der Waals surface area contributed by atoms with E-state index in [9.17, 15) is 0 Å². The number of unbranched alkanes of at least 4 members (excludes halogenated alkanes) is 2. The second kappa shape index (κ2) is 10.0. The van der Waals surface area contributed by atoms with Crippen LogP contribution in [0.4, 0.5) is 0 Å². The van der Waals surface area contributed by atoms with Gasteiger partial charge in [0.15, 0.2) is 0 Å². The standard InChI is InChI=1S/C22H29N/c1-3-4-5-8-13-20(2)23(18-21-14-9-6-10-15-21)19-22-16-11-7-12-17-22/h6-17,20H,3-5,18-19H2,1-2H3/b13-8+/t20-/m0/s1. The zero-order valence-electron chi connectivity index (χ0n) is 14.5. The second-order valence-electron chi connectivity index (χ2n) is 6.19. The number of rotatable bonds is 9. The number of allylic oxidation sites excluding steroid dienone is 1. The van der Waals surface area contributed by atoms with E-state index in [1.807, 2.05) is 0 Å². The third-order valence-electron chi connectivity index (χ3n) is 4.17. The molecule has 122 valence electrons. The highest BCUT2D eigenvalue weighted by Crippen LogP contribution is 2.14. The summed E-state index contributed by atoms with van der Waals surface area (Å²) < 4.78 is 0. The first-order valence-corrected chi connectivity index (χ1v) is 8.78. The first-order chi connectivity index (χ1) is 11.3. The minimum atomic E-state index is 0.437. The van der Waals surface area contributed by atoms with Gasteiger partial charge in [-0.25, -0.2) is 0 Å². The Morgan fingerprint density at radius 2 is 1.39 bits per heavy atom. The molecule has 0 radical (unpaired) electrons. The van der Waals surface area contributed by atoms with Gasteiger partial charge in [0.2, 0.25) is 0 Å². The van der Waals surface area contributed by atoms with E-state index >= 15 is 0 Å². The summed E-state index contributed by atoms with van der Waals surface area (Å²) in [7, 11) is 0. The molecule has 0 aliphatic heterocycles. The SMILES string of the molecule is CCCC/C=C/[C@H](C)N(Cc1ccccc1)Cc1ccccc1. The first-order valence-electron chi connectivity index (χ1n) is 8.78. The zero-order valence-corrected chi connectivity index (χ0v) is 14.5. The Bertz CT molecular complexity index is 518. The summed E-state index contributed by atoms with van der Waals surface area (Å²) in [6, 6.07) is 21.9. The highest BCUT2D eigenvalue weighted by atomic mass is 15.1.